The summed E-state index contributed by atoms with van der Waals surface area (Å²) < 4.78 is 4.70. The molecule has 0 aromatic heterocycles. The number of benzene rings is 3. The summed E-state index contributed by atoms with van der Waals surface area (Å²) in [6, 6.07) is 14.1. The van der Waals surface area contributed by atoms with Crippen molar-refractivity contribution in [2.24, 2.45) is 0 Å². The van der Waals surface area contributed by atoms with Gasteiger partial charge >= 0.3 is 12.0 Å². The van der Waals surface area contributed by atoms with E-state index in [9.17, 15) is 34.6 Å². The normalized spacial score (nSPS) is 10.1. The number of ether oxygens (including phenoxy) is 1. The van der Waals surface area contributed by atoms with Gasteiger partial charge in [-0.3, -0.25) is 30.4 Å². The van der Waals surface area contributed by atoms with Crippen LogP contribution in [-0.4, -0.2) is 34.9 Å². The lowest BCUT2D eigenvalue weighted by atomic mass is 9.94. The third kappa shape index (κ3) is 5.73. The number of urea groups is 1. The molecule has 0 atom stereocenters. The maximum Gasteiger partial charge on any atom is 0.338 e. The Morgan fingerprint density at radius 3 is 1.86 bits per heavy atom. The number of methoxy groups -OCH3 is 1. The van der Waals surface area contributed by atoms with Crippen molar-refractivity contribution in [2.75, 3.05) is 12.4 Å². The fourth-order valence-electron chi connectivity index (χ4n) is 3.09. The average molecular weight is 479 g/mol. The van der Waals surface area contributed by atoms with Gasteiger partial charge < -0.3 is 10.1 Å². The zero-order valence-corrected chi connectivity index (χ0v) is 18.0. The molecule has 35 heavy (non-hydrogen) atoms. The fourth-order valence-corrected chi connectivity index (χ4v) is 3.09. The smallest absolute Gasteiger partial charge is 0.338 e. The lowest BCUT2D eigenvalue weighted by Gasteiger charge is -2.14. The van der Waals surface area contributed by atoms with Crippen LogP contribution in [0.1, 0.15) is 20.7 Å². The number of nitrogens with one attached hydrogen (secondary N) is 3. The highest BCUT2D eigenvalue weighted by Crippen LogP contribution is 2.32. The first-order valence-corrected chi connectivity index (χ1v) is 9.79. The van der Waals surface area contributed by atoms with Crippen molar-refractivity contribution >= 4 is 35.0 Å². The second-order valence-electron chi connectivity index (χ2n) is 6.86. The van der Waals surface area contributed by atoms with Gasteiger partial charge in [0.25, 0.3) is 17.3 Å². The Hall–Kier alpha value is -5.33. The summed E-state index contributed by atoms with van der Waals surface area (Å²) in [5.74, 6) is -1.87. The SMILES string of the molecule is COC(=O)c1cc([N+](=O)[O-])ccc1-c1ccc([N+](=O)[O-])cc1C(=O)NNC(=O)Nc1ccccc1. The summed E-state index contributed by atoms with van der Waals surface area (Å²) in [5.41, 5.74) is 3.45. The maximum absolute atomic E-state index is 12.9. The maximum atomic E-state index is 12.9. The molecular weight excluding hydrogens is 462 g/mol. The quantitative estimate of drug-likeness (QED) is 0.273. The molecule has 0 aliphatic carbocycles. The van der Waals surface area contributed by atoms with Crippen molar-refractivity contribution in [2.45, 2.75) is 0 Å². The van der Waals surface area contributed by atoms with Crippen LogP contribution in [0.5, 0.6) is 0 Å². The van der Waals surface area contributed by atoms with Gasteiger partial charge in [-0.2, -0.15) is 0 Å². The fraction of sp³-hybridized carbons (Fsp3) is 0.0455. The summed E-state index contributed by atoms with van der Waals surface area (Å²) in [7, 11) is 1.07. The number of nitro groups is 2. The van der Waals surface area contributed by atoms with Crippen molar-refractivity contribution < 1.29 is 29.0 Å². The van der Waals surface area contributed by atoms with E-state index in [-0.39, 0.29) is 22.3 Å². The van der Waals surface area contributed by atoms with Crippen molar-refractivity contribution in [3.8, 4) is 11.1 Å². The van der Waals surface area contributed by atoms with Gasteiger partial charge in [-0.25, -0.2) is 15.0 Å². The van der Waals surface area contributed by atoms with Gasteiger partial charge in [-0.15, -0.1) is 0 Å². The molecule has 3 aromatic rings. The molecule has 0 aliphatic rings. The van der Waals surface area contributed by atoms with E-state index in [1.807, 2.05) is 0 Å². The number of non-ortho nitro benzene ring substituents is 2. The van der Waals surface area contributed by atoms with Crippen molar-refractivity contribution in [3.05, 3.63) is 98.1 Å². The molecule has 3 N–H and O–H groups in total. The minimum Gasteiger partial charge on any atom is -0.465 e. The number of anilines is 1. The van der Waals surface area contributed by atoms with Crippen LogP contribution in [0.4, 0.5) is 21.9 Å². The standard InChI is InChI=1S/C22H17N5O8/c1-35-21(29)19-12-15(27(33)34)8-10-17(19)16-9-7-14(26(31)32)11-18(16)20(28)24-25-22(30)23-13-5-3-2-4-6-13/h2-12H,1H3,(H,24,28)(H2,23,25,30). The number of rotatable bonds is 6. The number of carbonyl (C=O) groups is 3. The molecule has 0 fully saturated rings. The minimum atomic E-state index is -0.943. The van der Waals surface area contributed by atoms with Crippen molar-refractivity contribution in [1.29, 1.82) is 0 Å². The van der Waals surface area contributed by atoms with Gasteiger partial charge in [0.15, 0.2) is 0 Å². The Balaban J connectivity index is 1.98. The van der Waals surface area contributed by atoms with Crippen molar-refractivity contribution in [1.82, 2.24) is 10.9 Å². The lowest BCUT2D eigenvalue weighted by molar-refractivity contribution is -0.385. The van der Waals surface area contributed by atoms with Gasteiger partial charge in [0.1, 0.15) is 0 Å². The first-order valence-electron chi connectivity index (χ1n) is 9.79. The summed E-state index contributed by atoms with van der Waals surface area (Å²) in [5, 5.41) is 24.9. The van der Waals surface area contributed by atoms with E-state index in [2.05, 4.69) is 16.2 Å². The van der Waals surface area contributed by atoms with E-state index in [4.69, 9.17) is 4.74 Å². The van der Waals surface area contributed by atoms with Crippen molar-refractivity contribution in [3.63, 3.8) is 0 Å². The molecule has 13 heteroatoms. The van der Waals surface area contributed by atoms with Crippen LogP contribution in [-0.2, 0) is 4.74 Å². The second-order valence-corrected chi connectivity index (χ2v) is 6.86. The molecule has 13 nitrogen and oxygen atoms in total. The molecule has 0 saturated heterocycles. The highest BCUT2D eigenvalue weighted by molar-refractivity contribution is 6.06. The molecular formula is C22H17N5O8. The molecule has 0 bridgehead atoms. The van der Waals surface area contributed by atoms with Crippen LogP contribution in [0.25, 0.3) is 11.1 Å². The second kappa shape index (κ2) is 10.5. The number of para-hydroxylation sites is 1. The number of hydrogen-bond donors (Lipinski definition) is 3. The summed E-state index contributed by atoms with van der Waals surface area (Å²) in [4.78, 5) is 58.3. The Kier molecular flexibility index (Phi) is 7.31. The van der Waals surface area contributed by atoms with Crippen LogP contribution in [0.2, 0.25) is 0 Å². The molecule has 0 saturated carbocycles. The molecule has 0 spiro atoms. The van der Waals surface area contributed by atoms with Gasteiger partial charge in [-0.1, -0.05) is 18.2 Å². The van der Waals surface area contributed by atoms with E-state index in [0.29, 0.717) is 5.69 Å². The molecule has 3 aromatic carbocycles. The number of hydrogen-bond acceptors (Lipinski definition) is 8. The number of nitro benzene ring substituents is 2. The predicted molar refractivity (Wildman–Crippen MR) is 123 cm³/mol. The summed E-state index contributed by atoms with van der Waals surface area (Å²) >= 11 is 0. The van der Waals surface area contributed by atoms with Crippen LogP contribution >= 0.6 is 0 Å². The Bertz CT molecular complexity index is 1330. The lowest BCUT2D eigenvalue weighted by Crippen LogP contribution is -2.44. The van der Waals surface area contributed by atoms with Crippen LogP contribution < -0.4 is 16.2 Å². The number of carbonyl (C=O) groups excluding carboxylic acids is 3. The predicted octanol–water partition coefficient (Wildman–Crippen LogP) is 3.42. The number of esters is 1. The van der Waals surface area contributed by atoms with E-state index < -0.39 is 39.1 Å². The molecule has 3 amide bonds. The van der Waals surface area contributed by atoms with Gasteiger partial charge in [0, 0.05) is 30.0 Å². The highest BCUT2D eigenvalue weighted by atomic mass is 16.6. The Morgan fingerprint density at radius 2 is 1.31 bits per heavy atom. The molecule has 0 heterocycles. The molecule has 178 valence electrons. The van der Waals surface area contributed by atoms with Gasteiger partial charge in [-0.05, 0) is 35.4 Å². The third-order valence-corrected chi connectivity index (χ3v) is 4.69. The Labute approximate surface area is 197 Å². The largest absolute Gasteiger partial charge is 0.465 e. The van der Waals surface area contributed by atoms with Crippen LogP contribution in [0.3, 0.4) is 0 Å². The summed E-state index contributed by atoms with van der Waals surface area (Å²) in [6.07, 6.45) is 0. The van der Waals surface area contributed by atoms with Gasteiger partial charge in [0.05, 0.1) is 28.1 Å². The minimum absolute atomic E-state index is 0.0358. The first-order chi connectivity index (χ1) is 16.7. The highest BCUT2D eigenvalue weighted by Gasteiger charge is 2.24. The number of hydrazine groups is 1. The first kappa shape index (κ1) is 24.3. The number of amides is 3. The zero-order chi connectivity index (χ0) is 25.5. The molecule has 3 rings (SSSR count). The van der Waals surface area contributed by atoms with Crippen LogP contribution in [0.15, 0.2) is 66.7 Å². The van der Waals surface area contributed by atoms with E-state index >= 15 is 0 Å². The third-order valence-electron chi connectivity index (χ3n) is 4.69. The summed E-state index contributed by atoms with van der Waals surface area (Å²) in [6.45, 7) is 0. The molecule has 0 unspecified atom stereocenters. The van der Waals surface area contributed by atoms with E-state index in [0.717, 1.165) is 31.4 Å². The zero-order valence-electron chi connectivity index (χ0n) is 18.0. The van der Waals surface area contributed by atoms with Crippen LogP contribution in [0, 0.1) is 20.2 Å². The van der Waals surface area contributed by atoms with Gasteiger partial charge in [0.2, 0.25) is 0 Å². The Morgan fingerprint density at radius 1 is 0.771 bits per heavy atom. The monoisotopic (exact) mass is 479 g/mol. The molecule has 0 aliphatic heterocycles. The number of nitrogens with zero attached hydrogens (tertiary/aromatic N) is 2. The average Bonchev–Trinajstić information content (AvgIpc) is 2.86. The molecule has 0 radical (unpaired) electrons. The van der Waals surface area contributed by atoms with E-state index in [1.54, 1.807) is 30.3 Å². The van der Waals surface area contributed by atoms with E-state index in [1.165, 1.54) is 12.1 Å². The topological polar surface area (TPSA) is 183 Å².